The molecule has 3 aromatic rings. The summed E-state index contributed by atoms with van der Waals surface area (Å²) in [4.78, 5) is 25.1. The van der Waals surface area contributed by atoms with E-state index in [0.29, 0.717) is 16.8 Å². The zero-order chi connectivity index (χ0) is 14.1. The van der Waals surface area contributed by atoms with Crippen LogP contribution in [0.4, 0.5) is 5.69 Å². The van der Waals surface area contributed by atoms with Crippen molar-refractivity contribution in [2.75, 3.05) is 0 Å². The molecule has 0 fully saturated rings. The quantitative estimate of drug-likeness (QED) is 0.447. The van der Waals surface area contributed by atoms with E-state index in [9.17, 15) is 14.9 Å². The third kappa shape index (κ3) is 1.76. The van der Waals surface area contributed by atoms with Gasteiger partial charge in [-0.15, -0.1) is 0 Å². The van der Waals surface area contributed by atoms with Gasteiger partial charge >= 0.3 is 0 Å². The van der Waals surface area contributed by atoms with E-state index in [1.54, 1.807) is 18.2 Å². The van der Waals surface area contributed by atoms with Crippen molar-refractivity contribution in [3.8, 4) is 11.3 Å². The summed E-state index contributed by atoms with van der Waals surface area (Å²) in [5.74, 6) is 0. The van der Waals surface area contributed by atoms with Gasteiger partial charge in [0.1, 0.15) is 0 Å². The lowest BCUT2D eigenvalue weighted by Gasteiger charge is -2.01. The molecule has 5 heteroatoms. The van der Waals surface area contributed by atoms with E-state index in [0.717, 1.165) is 17.2 Å². The van der Waals surface area contributed by atoms with Crippen LogP contribution in [0.3, 0.4) is 0 Å². The van der Waals surface area contributed by atoms with Crippen LogP contribution in [0, 0.1) is 10.1 Å². The largest absolute Gasteiger partial charge is 0.354 e. The number of nitro groups is 1. The summed E-state index contributed by atoms with van der Waals surface area (Å²) in [6.45, 7) is 0. The Morgan fingerprint density at radius 3 is 2.50 bits per heavy atom. The van der Waals surface area contributed by atoms with Crippen LogP contribution in [-0.2, 0) is 0 Å². The van der Waals surface area contributed by atoms with E-state index >= 15 is 0 Å². The second-order valence-electron chi connectivity index (χ2n) is 4.35. The first kappa shape index (κ1) is 12.1. The normalized spacial score (nSPS) is 10.6. The van der Waals surface area contributed by atoms with Gasteiger partial charge in [-0.3, -0.25) is 14.9 Å². The number of carbonyl (C=O) groups excluding carboxylic acids is 1. The van der Waals surface area contributed by atoms with Gasteiger partial charge in [0.2, 0.25) is 0 Å². The molecule has 20 heavy (non-hydrogen) atoms. The highest BCUT2D eigenvalue weighted by molar-refractivity contribution is 6.05. The number of nitrogens with one attached hydrogen (secondary N) is 1. The molecule has 0 aliphatic carbocycles. The van der Waals surface area contributed by atoms with Crippen molar-refractivity contribution in [3.63, 3.8) is 0 Å². The van der Waals surface area contributed by atoms with Gasteiger partial charge in [0.15, 0.2) is 6.29 Å². The fourth-order valence-corrected chi connectivity index (χ4v) is 2.34. The Labute approximate surface area is 114 Å². The van der Waals surface area contributed by atoms with Crippen LogP contribution < -0.4 is 0 Å². The highest BCUT2D eigenvalue weighted by atomic mass is 16.6. The summed E-state index contributed by atoms with van der Waals surface area (Å²) in [5.41, 5.74) is 2.09. The molecule has 0 bridgehead atoms. The minimum atomic E-state index is -0.449. The number of H-pyrrole nitrogens is 1. The number of fused-ring (bicyclic) bond motifs is 1. The zero-order valence-electron chi connectivity index (χ0n) is 10.4. The van der Waals surface area contributed by atoms with Crippen molar-refractivity contribution in [1.82, 2.24) is 4.98 Å². The Kier molecular flexibility index (Phi) is 2.80. The maximum Gasteiger partial charge on any atom is 0.278 e. The zero-order valence-corrected chi connectivity index (χ0v) is 10.4. The SMILES string of the molecule is O=Cc1c(-c2ccccc2[N+](=O)[O-])[nH]c2ccccc12. The van der Waals surface area contributed by atoms with Crippen molar-refractivity contribution in [2.45, 2.75) is 0 Å². The molecule has 0 saturated heterocycles. The van der Waals surface area contributed by atoms with Crippen LogP contribution >= 0.6 is 0 Å². The van der Waals surface area contributed by atoms with E-state index in [4.69, 9.17) is 0 Å². The molecule has 0 aliphatic heterocycles. The fraction of sp³-hybridized carbons (Fsp3) is 0. The monoisotopic (exact) mass is 266 g/mol. The molecule has 3 rings (SSSR count). The fourth-order valence-electron chi connectivity index (χ4n) is 2.34. The molecule has 0 spiro atoms. The van der Waals surface area contributed by atoms with Gasteiger partial charge in [-0.05, 0) is 12.1 Å². The molecular formula is C15H10N2O3. The van der Waals surface area contributed by atoms with Gasteiger partial charge in [-0.2, -0.15) is 0 Å². The number of rotatable bonds is 3. The Bertz CT molecular complexity index is 821. The molecule has 1 heterocycles. The number of nitro benzene ring substituents is 1. The second kappa shape index (κ2) is 4.62. The van der Waals surface area contributed by atoms with Gasteiger partial charge in [-0.25, -0.2) is 0 Å². The molecule has 5 nitrogen and oxygen atoms in total. The van der Waals surface area contributed by atoms with Crippen LogP contribution in [0.1, 0.15) is 10.4 Å². The molecular weight excluding hydrogens is 256 g/mol. The Morgan fingerprint density at radius 1 is 1.05 bits per heavy atom. The van der Waals surface area contributed by atoms with E-state index in [1.807, 2.05) is 24.3 Å². The number of carbonyl (C=O) groups is 1. The third-order valence-corrected chi connectivity index (χ3v) is 3.23. The Morgan fingerprint density at radius 2 is 1.75 bits per heavy atom. The standard InChI is InChI=1S/C15H10N2O3/c18-9-12-10-5-1-3-7-13(10)16-15(12)11-6-2-4-8-14(11)17(19)20/h1-9,16H. The van der Waals surface area contributed by atoms with Gasteiger partial charge in [0.25, 0.3) is 5.69 Å². The van der Waals surface area contributed by atoms with Crippen molar-refractivity contribution >= 4 is 22.9 Å². The lowest BCUT2D eigenvalue weighted by atomic mass is 10.0. The number of benzene rings is 2. The van der Waals surface area contributed by atoms with Crippen molar-refractivity contribution in [3.05, 3.63) is 64.2 Å². The smallest absolute Gasteiger partial charge is 0.278 e. The number of hydrogen-bond donors (Lipinski definition) is 1. The average molecular weight is 266 g/mol. The lowest BCUT2D eigenvalue weighted by molar-refractivity contribution is -0.384. The molecule has 98 valence electrons. The Hall–Kier alpha value is -2.95. The summed E-state index contributed by atoms with van der Waals surface area (Å²) in [6, 6.07) is 13.7. The minimum absolute atomic E-state index is 0.0258. The third-order valence-electron chi connectivity index (χ3n) is 3.23. The first-order valence-electron chi connectivity index (χ1n) is 6.02. The molecule has 1 N–H and O–H groups in total. The van der Waals surface area contributed by atoms with E-state index in [-0.39, 0.29) is 5.69 Å². The molecule has 2 aromatic carbocycles. The number of para-hydroxylation sites is 2. The molecule has 0 radical (unpaired) electrons. The number of aromatic amines is 1. The number of hydrogen-bond acceptors (Lipinski definition) is 3. The first-order chi connectivity index (χ1) is 9.72. The van der Waals surface area contributed by atoms with E-state index in [1.165, 1.54) is 6.07 Å². The van der Waals surface area contributed by atoms with Gasteiger partial charge in [-0.1, -0.05) is 30.3 Å². The van der Waals surface area contributed by atoms with E-state index in [2.05, 4.69) is 4.98 Å². The second-order valence-corrected chi connectivity index (χ2v) is 4.35. The summed E-state index contributed by atoms with van der Waals surface area (Å²) in [5, 5.41) is 11.9. The van der Waals surface area contributed by atoms with Crippen LogP contribution in [-0.4, -0.2) is 16.2 Å². The summed E-state index contributed by atoms with van der Waals surface area (Å²) in [6.07, 6.45) is 0.727. The van der Waals surface area contributed by atoms with E-state index < -0.39 is 4.92 Å². The van der Waals surface area contributed by atoms with Gasteiger partial charge < -0.3 is 4.98 Å². The number of nitrogens with zero attached hydrogens (tertiary/aromatic N) is 1. The predicted octanol–water partition coefficient (Wildman–Crippen LogP) is 3.56. The molecule has 1 aromatic heterocycles. The lowest BCUT2D eigenvalue weighted by Crippen LogP contribution is -1.93. The molecule has 0 atom stereocenters. The molecule has 0 unspecified atom stereocenters. The first-order valence-corrected chi connectivity index (χ1v) is 6.02. The van der Waals surface area contributed by atoms with Crippen LogP contribution in [0.5, 0.6) is 0 Å². The Balaban J connectivity index is 2.35. The molecule has 0 aliphatic rings. The van der Waals surface area contributed by atoms with Gasteiger partial charge in [0, 0.05) is 22.5 Å². The highest BCUT2D eigenvalue weighted by Crippen LogP contribution is 2.34. The highest BCUT2D eigenvalue weighted by Gasteiger charge is 2.20. The van der Waals surface area contributed by atoms with Crippen LogP contribution in [0.25, 0.3) is 22.2 Å². The predicted molar refractivity (Wildman–Crippen MR) is 75.8 cm³/mol. The maximum absolute atomic E-state index is 11.4. The summed E-state index contributed by atoms with van der Waals surface area (Å²) >= 11 is 0. The number of aromatic nitrogens is 1. The average Bonchev–Trinajstić information content (AvgIpc) is 2.85. The summed E-state index contributed by atoms with van der Waals surface area (Å²) in [7, 11) is 0. The minimum Gasteiger partial charge on any atom is -0.354 e. The van der Waals surface area contributed by atoms with Gasteiger partial charge in [0.05, 0.1) is 16.2 Å². The van der Waals surface area contributed by atoms with Crippen molar-refractivity contribution in [1.29, 1.82) is 0 Å². The molecule has 0 amide bonds. The summed E-state index contributed by atoms with van der Waals surface area (Å²) < 4.78 is 0. The van der Waals surface area contributed by atoms with Crippen LogP contribution in [0.2, 0.25) is 0 Å². The number of aldehydes is 1. The topological polar surface area (TPSA) is 76.0 Å². The maximum atomic E-state index is 11.4. The molecule has 0 saturated carbocycles. The van der Waals surface area contributed by atoms with Crippen molar-refractivity contribution in [2.24, 2.45) is 0 Å². The van der Waals surface area contributed by atoms with Crippen molar-refractivity contribution < 1.29 is 9.72 Å². The van der Waals surface area contributed by atoms with Crippen LogP contribution in [0.15, 0.2) is 48.5 Å².